The molecule has 1 fully saturated rings. The van der Waals surface area contributed by atoms with Crippen molar-refractivity contribution in [1.82, 2.24) is 15.6 Å². The Balaban J connectivity index is 0.00000261. The highest BCUT2D eigenvalue weighted by atomic mass is 127. The van der Waals surface area contributed by atoms with E-state index in [1.54, 1.807) is 18.4 Å². The Kier molecular flexibility index (Phi) is 8.98. The zero-order valence-corrected chi connectivity index (χ0v) is 19.3. The van der Waals surface area contributed by atoms with Crippen LogP contribution in [0.2, 0.25) is 0 Å². The van der Waals surface area contributed by atoms with Crippen LogP contribution in [-0.2, 0) is 11.3 Å². The molecule has 2 heterocycles. The summed E-state index contributed by atoms with van der Waals surface area (Å²) in [6.45, 7) is 6.56. The number of aryl methyl sites for hydroxylation is 2. The smallest absolute Gasteiger partial charge is 0.191 e. The Morgan fingerprint density at radius 3 is 2.70 bits per heavy atom. The first-order valence-electron chi connectivity index (χ1n) is 9.19. The maximum absolute atomic E-state index is 6.11. The Labute approximate surface area is 183 Å². The van der Waals surface area contributed by atoms with Crippen molar-refractivity contribution in [2.24, 2.45) is 10.9 Å². The number of aliphatic imine (C=N–C) groups is 1. The lowest BCUT2D eigenvalue weighted by molar-refractivity contribution is -0.0265. The highest BCUT2D eigenvalue weighted by Gasteiger charge is 2.27. The molecule has 148 valence electrons. The summed E-state index contributed by atoms with van der Waals surface area (Å²) in [5.41, 5.74) is 2.55. The first-order chi connectivity index (χ1) is 12.7. The molecule has 2 aromatic rings. The molecule has 0 bridgehead atoms. The molecule has 1 saturated heterocycles. The van der Waals surface area contributed by atoms with Gasteiger partial charge in [-0.25, -0.2) is 4.98 Å². The van der Waals surface area contributed by atoms with Crippen molar-refractivity contribution in [2.45, 2.75) is 39.3 Å². The van der Waals surface area contributed by atoms with E-state index >= 15 is 0 Å². The fourth-order valence-electron chi connectivity index (χ4n) is 3.27. The van der Waals surface area contributed by atoms with E-state index in [4.69, 9.17) is 4.74 Å². The van der Waals surface area contributed by atoms with Gasteiger partial charge >= 0.3 is 0 Å². The molecule has 1 aliphatic rings. The zero-order valence-electron chi connectivity index (χ0n) is 16.2. The molecular weight excluding hydrogens is 471 g/mol. The van der Waals surface area contributed by atoms with Crippen molar-refractivity contribution < 1.29 is 4.74 Å². The third-order valence-electron chi connectivity index (χ3n) is 4.68. The van der Waals surface area contributed by atoms with E-state index < -0.39 is 0 Å². The van der Waals surface area contributed by atoms with E-state index in [1.165, 1.54) is 16.0 Å². The first kappa shape index (κ1) is 22.1. The number of ether oxygens (including phenoxy) is 1. The van der Waals surface area contributed by atoms with Crippen molar-refractivity contribution in [2.75, 3.05) is 20.2 Å². The highest BCUT2D eigenvalue weighted by molar-refractivity contribution is 14.0. The van der Waals surface area contributed by atoms with Crippen LogP contribution < -0.4 is 10.6 Å². The molecule has 2 unspecified atom stereocenters. The summed E-state index contributed by atoms with van der Waals surface area (Å²) in [6, 6.07) is 8.70. The quantitative estimate of drug-likeness (QED) is 0.367. The van der Waals surface area contributed by atoms with Gasteiger partial charge in [0.05, 0.1) is 12.6 Å². The molecular formula is C20H29IN4OS. The van der Waals surface area contributed by atoms with Crippen LogP contribution in [0.15, 0.2) is 35.5 Å². The van der Waals surface area contributed by atoms with Gasteiger partial charge < -0.3 is 15.4 Å². The molecule has 2 N–H and O–H groups in total. The van der Waals surface area contributed by atoms with Crippen LogP contribution in [0.1, 0.15) is 40.0 Å². The number of nitrogens with zero attached hydrogens (tertiary/aromatic N) is 2. The number of benzene rings is 1. The summed E-state index contributed by atoms with van der Waals surface area (Å²) >= 11 is 1.71. The van der Waals surface area contributed by atoms with Gasteiger partial charge in [0.1, 0.15) is 5.01 Å². The van der Waals surface area contributed by atoms with Gasteiger partial charge in [-0.2, -0.15) is 0 Å². The topological polar surface area (TPSA) is 58.5 Å². The lowest BCUT2D eigenvalue weighted by Crippen LogP contribution is -2.41. The number of aromatic nitrogens is 1. The number of thiazole rings is 1. The Morgan fingerprint density at radius 1 is 1.26 bits per heavy atom. The minimum absolute atomic E-state index is 0. The van der Waals surface area contributed by atoms with Crippen LogP contribution in [0.3, 0.4) is 0 Å². The molecule has 0 aliphatic carbocycles. The van der Waals surface area contributed by atoms with Gasteiger partial charge in [0.15, 0.2) is 5.96 Å². The summed E-state index contributed by atoms with van der Waals surface area (Å²) < 4.78 is 6.11. The molecule has 0 amide bonds. The largest absolute Gasteiger partial charge is 0.373 e. The maximum Gasteiger partial charge on any atom is 0.191 e. The van der Waals surface area contributed by atoms with Gasteiger partial charge in [0.2, 0.25) is 0 Å². The van der Waals surface area contributed by atoms with E-state index in [2.05, 4.69) is 58.7 Å². The normalized spacial score (nSPS) is 20.0. The molecule has 5 nitrogen and oxygen atoms in total. The molecule has 0 radical (unpaired) electrons. The fraction of sp³-hybridized carbons (Fsp3) is 0.500. The van der Waals surface area contributed by atoms with Crippen LogP contribution in [0, 0.1) is 19.8 Å². The molecule has 1 aliphatic heterocycles. The lowest BCUT2D eigenvalue weighted by atomic mass is 9.89. The van der Waals surface area contributed by atoms with Gasteiger partial charge in [-0.05, 0) is 32.3 Å². The van der Waals surface area contributed by atoms with E-state index in [1.807, 2.05) is 6.20 Å². The van der Waals surface area contributed by atoms with Crippen molar-refractivity contribution in [3.63, 3.8) is 0 Å². The average molecular weight is 500 g/mol. The summed E-state index contributed by atoms with van der Waals surface area (Å²) in [5.74, 6) is 1.25. The second kappa shape index (κ2) is 11.0. The van der Waals surface area contributed by atoms with Crippen molar-refractivity contribution in [1.29, 1.82) is 0 Å². The number of halogens is 1. The van der Waals surface area contributed by atoms with Crippen molar-refractivity contribution >= 4 is 41.3 Å². The van der Waals surface area contributed by atoms with Crippen molar-refractivity contribution in [3.8, 4) is 0 Å². The molecule has 1 aromatic carbocycles. The molecule has 3 rings (SSSR count). The third-order valence-corrected chi connectivity index (χ3v) is 5.59. The molecule has 1 aromatic heterocycles. The lowest BCUT2D eigenvalue weighted by Gasteiger charge is -2.32. The van der Waals surface area contributed by atoms with Crippen LogP contribution in [0.5, 0.6) is 0 Å². The standard InChI is InChI=1S/C20H28N4OS.HI/c1-14-6-8-16(9-7-14)19-17(5-4-10-25-19)12-23-20(21-3)24-13-18-22-11-15(2)26-18;/h6-9,11,17,19H,4-5,10,12-13H2,1-3H3,(H2,21,23,24);1H. The minimum Gasteiger partial charge on any atom is -0.373 e. The van der Waals surface area contributed by atoms with Gasteiger partial charge in [-0.15, -0.1) is 35.3 Å². The monoisotopic (exact) mass is 500 g/mol. The summed E-state index contributed by atoms with van der Waals surface area (Å²) in [5, 5.41) is 7.88. The predicted molar refractivity (Wildman–Crippen MR) is 123 cm³/mol. The number of nitrogens with one attached hydrogen (secondary N) is 2. The van der Waals surface area contributed by atoms with Crippen molar-refractivity contribution in [3.05, 3.63) is 51.5 Å². The maximum atomic E-state index is 6.11. The SMILES string of the molecule is CN=C(NCc1ncc(C)s1)NCC1CCCOC1c1ccc(C)cc1.I. The van der Waals surface area contributed by atoms with Gasteiger partial charge in [-0.1, -0.05) is 29.8 Å². The first-order valence-corrected chi connectivity index (χ1v) is 10.0. The summed E-state index contributed by atoms with van der Waals surface area (Å²) in [4.78, 5) is 9.95. The fourth-order valence-corrected chi connectivity index (χ4v) is 3.99. The number of hydrogen-bond donors (Lipinski definition) is 2. The number of hydrogen-bond acceptors (Lipinski definition) is 4. The summed E-state index contributed by atoms with van der Waals surface area (Å²) in [6.07, 6.45) is 4.33. The number of rotatable bonds is 5. The highest BCUT2D eigenvalue weighted by Crippen LogP contribution is 2.33. The number of guanidine groups is 1. The average Bonchev–Trinajstić information content (AvgIpc) is 3.08. The Hall–Kier alpha value is -1.19. The van der Waals surface area contributed by atoms with Crippen LogP contribution in [0.4, 0.5) is 0 Å². The van der Waals surface area contributed by atoms with Crippen LogP contribution in [0.25, 0.3) is 0 Å². The molecule has 2 atom stereocenters. The molecule has 0 saturated carbocycles. The van der Waals surface area contributed by atoms with Gasteiger partial charge in [0.25, 0.3) is 0 Å². The second-order valence-corrected chi connectivity index (χ2v) is 8.10. The Morgan fingerprint density at radius 2 is 2.04 bits per heavy atom. The van der Waals surface area contributed by atoms with E-state index in [0.717, 1.165) is 37.0 Å². The minimum atomic E-state index is 0. The van der Waals surface area contributed by atoms with E-state index in [0.29, 0.717) is 12.5 Å². The second-order valence-electron chi connectivity index (χ2n) is 6.78. The van der Waals surface area contributed by atoms with Crippen LogP contribution >= 0.6 is 35.3 Å². The zero-order chi connectivity index (χ0) is 18.4. The van der Waals surface area contributed by atoms with Crippen LogP contribution in [-0.4, -0.2) is 31.1 Å². The van der Waals surface area contributed by atoms with Gasteiger partial charge in [-0.3, -0.25) is 4.99 Å². The summed E-state index contributed by atoms with van der Waals surface area (Å²) in [7, 11) is 1.80. The Bertz CT molecular complexity index is 732. The molecule has 7 heteroatoms. The molecule has 0 spiro atoms. The van der Waals surface area contributed by atoms with E-state index in [-0.39, 0.29) is 30.1 Å². The van der Waals surface area contributed by atoms with Gasteiger partial charge in [0, 0.05) is 37.2 Å². The van der Waals surface area contributed by atoms with E-state index in [9.17, 15) is 0 Å². The third kappa shape index (κ3) is 6.43. The molecule has 27 heavy (non-hydrogen) atoms. The predicted octanol–water partition coefficient (Wildman–Crippen LogP) is 4.21.